The maximum atomic E-state index is 12.5. The average molecular weight is 324 g/mol. The largest absolute Gasteiger partial charge is 0.391 e. The van der Waals surface area contributed by atoms with E-state index in [-0.39, 0.29) is 6.04 Å². The van der Waals surface area contributed by atoms with Gasteiger partial charge in [0.25, 0.3) is 10.2 Å². The van der Waals surface area contributed by atoms with E-state index in [9.17, 15) is 13.5 Å². The molecule has 1 saturated heterocycles. The van der Waals surface area contributed by atoms with Gasteiger partial charge in [-0.25, -0.2) is 0 Å². The van der Waals surface area contributed by atoms with Gasteiger partial charge in [-0.1, -0.05) is 30.3 Å². The molecule has 2 fully saturated rings. The smallest absolute Gasteiger partial charge is 0.280 e. The maximum absolute atomic E-state index is 12.5. The van der Waals surface area contributed by atoms with E-state index in [0.717, 1.165) is 24.8 Å². The molecular formula is C16H24N2O3S. The van der Waals surface area contributed by atoms with Crippen LogP contribution in [0.3, 0.4) is 0 Å². The van der Waals surface area contributed by atoms with Crippen molar-refractivity contribution in [3.05, 3.63) is 35.9 Å². The molecule has 1 aromatic carbocycles. The van der Waals surface area contributed by atoms with Crippen LogP contribution in [0.1, 0.15) is 31.7 Å². The second kappa shape index (κ2) is 6.28. The van der Waals surface area contributed by atoms with Gasteiger partial charge in [0.1, 0.15) is 0 Å². The second-order valence-corrected chi connectivity index (χ2v) is 8.23. The Kier molecular flexibility index (Phi) is 4.54. The highest BCUT2D eigenvalue weighted by Gasteiger charge is 2.44. The summed E-state index contributed by atoms with van der Waals surface area (Å²) >= 11 is 0. The third-order valence-corrected chi connectivity index (χ3v) is 6.60. The van der Waals surface area contributed by atoms with Crippen LogP contribution < -0.4 is 4.72 Å². The molecule has 0 radical (unpaired) electrons. The van der Waals surface area contributed by atoms with Crippen molar-refractivity contribution >= 4 is 10.2 Å². The number of hydrogen-bond acceptors (Lipinski definition) is 3. The topological polar surface area (TPSA) is 69.6 Å². The molecule has 22 heavy (non-hydrogen) atoms. The van der Waals surface area contributed by atoms with E-state index in [1.807, 2.05) is 30.3 Å². The van der Waals surface area contributed by atoms with Gasteiger partial charge in [0, 0.05) is 18.6 Å². The monoisotopic (exact) mass is 324 g/mol. The first-order valence-electron chi connectivity index (χ1n) is 7.97. The highest BCUT2D eigenvalue weighted by molar-refractivity contribution is 7.87. The third-order valence-electron chi connectivity index (χ3n) is 4.87. The van der Waals surface area contributed by atoms with Crippen molar-refractivity contribution in [1.82, 2.24) is 9.03 Å². The Morgan fingerprint density at radius 2 is 2.05 bits per heavy atom. The maximum Gasteiger partial charge on any atom is 0.280 e. The number of nitrogens with zero attached hydrogens (tertiary/aromatic N) is 1. The van der Waals surface area contributed by atoms with E-state index in [0.29, 0.717) is 18.9 Å². The van der Waals surface area contributed by atoms with E-state index < -0.39 is 22.4 Å². The Morgan fingerprint density at radius 1 is 1.32 bits per heavy atom. The summed E-state index contributed by atoms with van der Waals surface area (Å²) in [6, 6.07) is 9.26. The van der Waals surface area contributed by atoms with Crippen molar-refractivity contribution in [2.75, 3.05) is 6.54 Å². The number of aliphatic hydroxyl groups is 1. The highest BCUT2D eigenvalue weighted by atomic mass is 32.2. The van der Waals surface area contributed by atoms with E-state index in [2.05, 4.69) is 4.72 Å². The fraction of sp³-hybridized carbons (Fsp3) is 0.625. The molecule has 2 aliphatic rings. The number of aliphatic hydroxyl groups excluding tert-OH is 1. The number of rotatable bonds is 6. The molecule has 6 heteroatoms. The van der Waals surface area contributed by atoms with Crippen LogP contribution in [-0.2, 0) is 16.6 Å². The van der Waals surface area contributed by atoms with Gasteiger partial charge >= 0.3 is 0 Å². The Bertz CT molecular complexity index is 605. The van der Waals surface area contributed by atoms with Crippen molar-refractivity contribution in [3.63, 3.8) is 0 Å². The molecule has 1 heterocycles. The van der Waals surface area contributed by atoms with Crippen LogP contribution in [-0.4, -0.2) is 42.6 Å². The summed E-state index contributed by atoms with van der Waals surface area (Å²) in [5, 5.41) is 10.3. The molecule has 0 spiro atoms. The number of hydrogen-bond donors (Lipinski definition) is 2. The summed E-state index contributed by atoms with van der Waals surface area (Å²) in [5.41, 5.74) is 1.00. The van der Waals surface area contributed by atoms with E-state index >= 15 is 0 Å². The lowest BCUT2D eigenvalue weighted by atomic mass is 10.0. The molecule has 5 nitrogen and oxygen atoms in total. The minimum absolute atomic E-state index is 0.154. The van der Waals surface area contributed by atoms with Crippen molar-refractivity contribution < 1.29 is 13.5 Å². The lowest BCUT2D eigenvalue weighted by Gasteiger charge is -2.29. The molecule has 2 bridgehead atoms. The quantitative estimate of drug-likeness (QED) is 0.828. The minimum Gasteiger partial charge on any atom is -0.391 e. The molecule has 1 aromatic rings. The molecule has 0 amide bonds. The van der Waals surface area contributed by atoms with Gasteiger partial charge in [-0.05, 0) is 44.1 Å². The van der Waals surface area contributed by atoms with Crippen molar-refractivity contribution in [2.24, 2.45) is 5.92 Å². The molecule has 122 valence electrons. The van der Waals surface area contributed by atoms with E-state index in [1.165, 1.54) is 0 Å². The predicted octanol–water partition coefficient (Wildman–Crippen LogP) is 1.30. The highest BCUT2D eigenvalue weighted by Crippen LogP contribution is 2.38. The van der Waals surface area contributed by atoms with Gasteiger partial charge in [-0.3, -0.25) is 0 Å². The molecule has 1 saturated carbocycles. The van der Waals surface area contributed by atoms with Crippen LogP contribution in [0.2, 0.25) is 0 Å². The van der Waals surface area contributed by atoms with Crippen molar-refractivity contribution in [3.8, 4) is 0 Å². The second-order valence-electron chi connectivity index (χ2n) is 6.57. The third kappa shape index (κ3) is 3.35. The van der Waals surface area contributed by atoms with Gasteiger partial charge in [-0.2, -0.15) is 17.4 Å². The summed E-state index contributed by atoms with van der Waals surface area (Å²) in [6.45, 7) is 2.35. The Hall–Kier alpha value is -0.950. The summed E-state index contributed by atoms with van der Waals surface area (Å²) in [7, 11) is -3.50. The van der Waals surface area contributed by atoms with Crippen LogP contribution in [0.25, 0.3) is 0 Å². The van der Waals surface area contributed by atoms with Gasteiger partial charge in [0.2, 0.25) is 0 Å². The normalized spacial score (nSPS) is 27.9. The molecule has 4 atom stereocenters. The molecular weight excluding hydrogens is 300 g/mol. The SMILES string of the molecule is CC(NS(=O)(=O)N1CC2CCC1C2)C(O)Cc1ccccc1. The van der Waals surface area contributed by atoms with E-state index in [1.54, 1.807) is 11.2 Å². The zero-order chi connectivity index (χ0) is 15.7. The first kappa shape index (κ1) is 15.9. The lowest BCUT2D eigenvalue weighted by Crippen LogP contribution is -2.51. The molecule has 0 aromatic heterocycles. The number of nitrogens with one attached hydrogen (secondary N) is 1. The average Bonchev–Trinajstić information content (AvgIpc) is 3.11. The number of fused-ring (bicyclic) bond motifs is 2. The first-order valence-corrected chi connectivity index (χ1v) is 9.41. The number of benzene rings is 1. The van der Waals surface area contributed by atoms with Crippen molar-refractivity contribution in [2.45, 2.75) is 50.8 Å². The molecule has 1 aliphatic heterocycles. The lowest BCUT2D eigenvalue weighted by molar-refractivity contribution is 0.143. The van der Waals surface area contributed by atoms with Gasteiger partial charge in [0.05, 0.1) is 6.10 Å². The van der Waals surface area contributed by atoms with Gasteiger partial charge < -0.3 is 5.11 Å². The molecule has 3 rings (SSSR count). The zero-order valence-corrected chi connectivity index (χ0v) is 13.7. The van der Waals surface area contributed by atoms with Crippen LogP contribution in [0.4, 0.5) is 0 Å². The van der Waals surface area contributed by atoms with Crippen LogP contribution in [0, 0.1) is 5.92 Å². The van der Waals surface area contributed by atoms with Gasteiger partial charge in [0.15, 0.2) is 0 Å². The minimum atomic E-state index is -3.50. The molecule has 1 aliphatic carbocycles. The van der Waals surface area contributed by atoms with Crippen molar-refractivity contribution in [1.29, 1.82) is 0 Å². The zero-order valence-electron chi connectivity index (χ0n) is 12.9. The Labute approximate surface area is 132 Å². The summed E-state index contributed by atoms with van der Waals surface area (Å²) in [4.78, 5) is 0. The Balaban J connectivity index is 1.59. The summed E-state index contributed by atoms with van der Waals surface area (Å²) in [5.74, 6) is 0.520. The van der Waals surface area contributed by atoms with Crippen LogP contribution >= 0.6 is 0 Å². The van der Waals surface area contributed by atoms with Crippen LogP contribution in [0.15, 0.2) is 30.3 Å². The molecule has 4 unspecified atom stereocenters. The predicted molar refractivity (Wildman–Crippen MR) is 85.5 cm³/mol. The summed E-state index contributed by atoms with van der Waals surface area (Å²) < 4.78 is 29.2. The first-order chi connectivity index (χ1) is 10.5. The molecule has 2 N–H and O–H groups in total. The van der Waals surface area contributed by atoms with Gasteiger partial charge in [-0.15, -0.1) is 0 Å². The Morgan fingerprint density at radius 3 is 2.64 bits per heavy atom. The van der Waals surface area contributed by atoms with Crippen LogP contribution in [0.5, 0.6) is 0 Å². The summed E-state index contributed by atoms with van der Waals surface area (Å²) in [6.07, 6.45) is 2.80. The van der Waals surface area contributed by atoms with E-state index in [4.69, 9.17) is 0 Å². The fourth-order valence-electron chi connectivity index (χ4n) is 3.59. The standard InChI is InChI=1S/C16H24N2O3S/c1-12(16(19)10-13-5-3-2-4-6-13)17-22(20,21)18-11-14-7-8-15(18)9-14/h2-6,12,14-17,19H,7-11H2,1H3. The number of piperidine rings is 1. The fourth-order valence-corrected chi connectivity index (χ4v) is 5.34.